The van der Waals surface area contributed by atoms with Crippen molar-refractivity contribution in [2.45, 2.75) is 32.1 Å². The maximum atomic E-state index is 6.32. The number of fused-ring (bicyclic) bond motifs is 1. The summed E-state index contributed by atoms with van der Waals surface area (Å²) in [4.78, 5) is 9.63. The Labute approximate surface area is 105 Å². The minimum Gasteiger partial charge on any atom is -0.241 e. The van der Waals surface area contributed by atoms with Crippen molar-refractivity contribution in [2.24, 2.45) is 5.92 Å². The fraction of sp³-hybridized carbons (Fsp3) is 0.500. The first-order valence-electron chi connectivity index (χ1n) is 5.48. The maximum Gasteiger partial charge on any atom is 0.126 e. The van der Waals surface area contributed by atoms with Gasteiger partial charge in [0.2, 0.25) is 0 Å². The number of aromatic nitrogens is 2. The molecular formula is C12H15ClN2S. The lowest BCUT2D eigenvalue weighted by Gasteiger charge is -2.11. The lowest BCUT2D eigenvalue weighted by Crippen LogP contribution is -2.08. The Bertz CT molecular complexity index is 467. The normalized spacial score (nSPS) is 13.5. The zero-order valence-corrected chi connectivity index (χ0v) is 11.1. The highest BCUT2D eigenvalue weighted by Crippen LogP contribution is 2.23. The molecule has 0 aromatic carbocycles. The van der Waals surface area contributed by atoms with Crippen LogP contribution in [0.5, 0.6) is 0 Å². The van der Waals surface area contributed by atoms with E-state index in [-0.39, 0.29) is 5.38 Å². The summed E-state index contributed by atoms with van der Waals surface area (Å²) in [5, 5.41) is 3.37. The number of alkyl halides is 1. The van der Waals surface area contributed by atoms with E-state index in [1.54, 1.807) is 17.7 Å². The molecule has 0 N–H and O–H groups in total. The summed E-state index contributed by atoms with van der Waals surface area (Å²) in [6.07, 6.45) is 3.49. The molecule has 0 amide bonds. The number of hydrogen-bond donors (Lipinski definition) is 0. The molecule has 4 heteroatoms. The second-order valence-corrected chi connectivity index (χ2v) is 5.90. The van der Waals surface area contributed by atoms with Gasteiger partial charge in [-0.1, -0.05) is 13.8 Å². The predicted octanol–water partition coefficient (Wildman–Crippen LogP) is 3.89. The Hall–Kier alpha value is -0.670. The first kappa shape index (κ1) is 11.8. The SMILES string of the molecule is CC(C)CC(Cl)Cc1ncnc2sccc12. The summed E-state index contributed by atoms with van der Waals surface area (Å²) < 4.78 is 0. The lowest BCUT2D eigenvalue weighted by atomic mass is 10.0. The largest absolute Gasteiger partial charge is 0.241 e. The highest BCUT2D eigenvalue weighted by Gasteiger charge is 2.12. The number of thiophene rings is 1. The van der Waals surface area contributed by atoms with Crippen molar-refractivity contribution >= 4 is 33.2 Å². The van der Waals surface area contributed by atoms with Crippen LogP contribution >= 0.6 is 22.9 Å². The van der Waals surface area contributed by atoms with Crippen LogP contribution in [0, 0.1) is 5.92 Å². The van der Waals surface area contributed by atoms with E-state index >= 15 is 0 Å². The molecule has 2 aromatic heterocycles. The summed E-state index contributed by atoms with van der Waals surface area (Å²) >= 11 is 7.97. The van der Waals surface area contributed by atoms with Gasteiger partial charge in [0.05, 0.1) is 5.69 Å². The molecule has 2 rings (SSSR count). The predicted molar refractivity (Wildman–Crippen MR) is 70.2 cm³/mol. The zero-order chi connectivity index (χ0) is 11.5. The van der Waals surface area contributed by atoms with Gasteiger partial charge in [0, 0.05) is 17.2 Å². The van der Waals surface area contributed by atoms with Crippen molar-refractivity contribution in [3.63, 3.8) is 0 Å². The molecule has 0 spiro atoms. The number of rotatable bonds is 4. The van der Waals surface area contributed by atoms with Crippen LogP contribution in [0.3, 0.4) is 0 Å². The van der Waals surface area contributed by atoms with Gasteiger partial charge in [0.25, 0.3) is 0 Å². The van der Waals surface area contributed by atoms with Crippen molar-refractivity contribution in [3.8, 4) is 0 Å². The summed E-state index contributed by atoms with van der Waals surface area (Å²) in [7, 11) is 0. The summed E-state index contributed by atoms with van der Waals surface area (Å²) in [5.74, 6) is 0.627. The molecule has 0 aliphatic heterocycles. The molecular weight excluding hydrogens is 240 g/mol. The van der Waals surface area contributed by atoms with Crippen LogP contribution in [0.2, 0.25) is 0 Å². The minimum atomic E-state index is 0.165. The second kappa shape index (κ2) is 5.11. The van der Waals surface area contributed by atoms with Crippen molar-refractivity contribution in [1.82, 2.24) is 9.97 Å². The van der Waals surface area contributed by atoms with Gasteiger partial charge < -0.3 is 0 Å². The van der Waals surface area contributed by atoms with Crippen LogP contribution in [0.25, 0.3) is 10.2 Å². The molecule has 0 radical (unpaired) electrons. The van der Waals surface area contributed by atoms with E-state index in [0.29, 0.717) is 5.92 Å². The van der Waals surface area contributed by atoms with Crippen LogP contribution < -0.4 is 0 Å². The van der Waals surface area contributed by atoms with E-state index in [1.807, 2.05) is 0 Å². The minimum absolute atomic E-state index is 0.165. The summed E-state index contributed by atoms with van der Waals surface area (Å²) in [6.45, 7) is 4.38. The molecule has 2 nitrogen and oxygen atoms in total. The van der Waals surface area contributed by atoms with E-state index in [4.69, 9.17) is 11.6 Å². The lowest BCUT2D eigenvalue weighted by molar-refractivity contribution is 0.559. The van der Waals surface area contributed by atoms with Crippen molar-refractivity contribution in [3.05, 3.63) is 23.5 Å². The fourth-order valence-corrected chi connectivity index (χ4v) is 3.07. The van der Waals surface area contributed by atoms with Crippen LogP contribution in [0.1, 0.15) is 26.0 Å². The Morgan fingerprint density at radius 2 is 2.19 bits per heavy atom. The molecule has 1 unspecified atom stereocenters. The van der Waals surface area contributed by atoms with Gasteiger partial charge in [-0.3, -0.25) is 0 Å². The first-order chi connectivity index (χ1) is 7.66. The average molecular weight is 255 g/mol. The van der Waals surface area contributed by atoms with Crippen molar-refractivity contribution < 1.29 is 0 Å². The van der Waals surface area contributed by atoms with Crippen LogP contribution in [0.4, 0.5) is 0 Å². The van der Waals surface area contributed by atoms with E-state index < -0.39 is 0 Å². The molecule has 0 aliphatic carbocycles. The molecule has 2 aromatic rings. The van der Waals surface area contributed by atoms with E-state index in [2.05, 4.69) is 35.3 Å². The van der Waals surface area contributed by atoms with Gasteiger partial charge in [-0.15, -0.1) is 22.9 Å². The zero-order valence-electron chi connectivity index (χ0n) is 9.48. The molecule has 2 heterocycles. The number of halogens is 1. The highest BCUT2D eigenvalue weighted by molar-refractivity contribution is 7.16. The third-order valence-electron chi connectivity index (χ3n) is 2.49. The van der Waals surface area contributed by atoms with Crippen molar-refractivity contribution in [2.75, 3.05) is 0 Å². The number of nitrogens with zero attached hydrogens (tertiary/aromatic N) is 2. The van der Waals surface area contributed by atoms with Gasteiger partial charge in [-0.25, -0.2) is 9.97 Å². The summed E-state index contributed by atoms with van der Waals surface area (Å²) in [6, 6.07) is 2.08. The van der Waals surface area contributed by atoms with Gasteiger partial charge in [0.15, 0.2) is 0 Å². The molecule has 0 bridgehead atoms. The standard InChI is InChI=1S/C12H15ClN2S/c1-8(2)5-9(13)6-11-10-3-4-16-12(10)15-7-14-11/h3-4,7-9H,5-6H2,1-2H3. The molecule has 86 valence electrons. The van der Waals surface area contributed by atoms with Gasteiger partial charge >= 0.3 is 0 Å². The van der Waals surface area contributed by atoms with Gasteiger partial charge in [-0.05, 0) is 23.8 Å². The monoisotopic (exact) mass is 254 g/mol. The topological polar surface area (TPSA) is 25.8 Å². The second-order valence-electron chi connectivity index (χ2n) is 4.39. The van der Waals surface area contributed by atoms with Crippen LogP contribution in [-0.4, -0.2) is 15.3 Å². The number of hydrogen-bond acceptors (Lipinski definition) is 3. The Kier molecular flexibility index (Phi) is 3.77. The molecule has 0 saturated heterocycles. The maximum absolute atomic E-state index is 6.32. The third kappa shape index (κ3) is 2.71. The third-order valence-corrected chi connectivity index (χ3v) is 3.64. The van der Waals surface area contributed by atoms with E-state index in [1.165, 1.54) is 0 Å². The first-order valence-corrected chi connectivity index (χ1v) is 6.79. The van der Waals surface area contributed by atoms with E-state index in [0.717, 1.165) is 28.8 Å². The highest BCUT2D eigenvalue weighted by atomic mass is 35.5. The van der Waals surface area contributed by atoms with Crippen LogP contribution in [-0.2, 0) is 6.42 Å². The smallest absolute Gasteiger partial charge is 0.126 e. The molecule has 0 saturated carbocycles. The average Bonchev–Trinajstić information content (AvgIpc) is 2.65. The molecule has 16 heavy (non-hydrogen) atoms. The van der Waals surface area contributed by atoms with Crippen molar-refractivity contribution in [1.29, 1.82) is 0 Å². The van der Waals surface area contributed by atoms with Gasteiger partial charge in [0.1, 0.15) is 11.2 Å². The van der Waals surface area contributed by atoms with Gasteiger partial charge in [-0.2, -0.15) is 0 Å². The quantitative estimate of drug-likeness (QED) is 0.774. The molecule has 1 atom stereocenters. The van der Waals surface area contributed by atoms with E-state index in [9.17, 15) is 0 Å². The van der Waals surface area contributed by atoms with Crippen LogP contribution in [0.15, 0.2) is 17.8 Å². The molecule has 0 aliphatic rings. The molecule has 0 fully saturated rings. The Morgan fingerprint density at radius 3 is 2.94 bits per heavy atom. The summed E-state index contributed by atoms with van der Waals surface area (Å²) in [5.41, 5.74) is 1.08. The fourth-order valence-electron chi connectivity index (χ4n) is 1.81. The Balaban J connectivity index is 2.17. The Morgan fingerprint density at radius 1 is 1.38 bits per heavy atom.